The molecule has 0 rings (SSSR count). The number of rotatable bonds is 66. The molecule has 0 aliphatic carbocycles. The van der Waals surface area contributed by atoms with E-state index < -0.39 is 97.5 Å². The molecule has 512 valence electrons. The van der Waals surface area contributed by atoms with E-state index in [-0.39, 0.29) is 25.7 Å². The summed E-state index contributed by atoms with van der Waals surface area (Å²) in [6.45, 7) is 7.09. The van der Waals surface area contributed by atoms with Gasteiger partial charge >= 0.3 is 39.5 Å². The van der Waals surface area contributed by atoms with E-state index in [9.17, 15) is 43.2 Å². The maximum absolute atomic E-state index is 13.0. The van der Waals surface area contributed by atoms with E-state index in [4.69, 9.17) is 37.0 Å². The average molecular weight is 1280 g/mol. The van der Waals surface area contributed by atoms with Crippen molar-refractivity contribution in [2.45, 2.75) is 342 Å². The maximum Gasteiger partial charge on any atom is 0.472 e. The van der Waals surface area contributed by atoms with E-state index in [0.29, 0.717) is 25.7 Å². The molecule has 0 saturated heterocycles. The highest BCUT2D eigenvalue weighted by molar-refractivity contribution is 7.47. The quantitative estimate of drug-likeness (QED) is 0.0169. The van der Waals surface area contributed by atoms with Gasteiger partial charge in [-0.2, -0.15) is 0 Å². The third kappa shape index (κ3) is 62.1. The zero-order valence-corrected chi connectivity index (χ0v) is 57.4. The van der Waals surface area contributed by atoms with Gasteiger partial charge in [-0.15, -0.1) is 0 Å². The number of aliphatic hydroxyl groups excluding tert-OH is 1. The van der Waals surface area contributed by atoms with Crippen LogP contribution in [-0.2, 0) is 65.4 Å². The average Bonchev–Trinajstić information content (AvgIpc) is 3.60. The first-order chi connectivity index (χ1) is 42.0. The second-order valence-electron chi connectivity index (χ2n) is 24.4. The Morgan fingerprint density at radius 2 is 0.621 bits per heavy atom. The van der Waals surface area contributed by atoms with E-state index in [1.807, 2.05) is 0 Å². The van der Waals surface area contributed by atoms with Crippen molar-refractivity contribution in [1.29, 1.82) is 0 Å². The van der Waals surface area contributed by atoms with Crippen LogP contribution in [0.5, 0.6) is 0 Å². The molecule has 0 saturated carbocycles. The third-order valence-corrected chi connectivity index (χ3v) is 17.1. The highest BCUT2D eigenvalue weighted by Crippen LogP contribution is 2.45. The molecule has 0 radical (unpaired) electrons. The molecule has 0 spiro atoms. The molecule has 5 atom stereocenters. The van der Waals surface area contributed by atoms with Crippen LogP contribution in [0, 0.1) is 5.92 Å². The van der Waals surface area contributed by atoms with Crippen molar-refractivity contribution in [1.82, 2.24) is 0 Å². The molecule has 19 heteroatoms. The number of phosphoric acid groups is 2. The summed E-state index contributed by atoms with van der Waals surface area (Å²) < 4.78 is 67.9. The Bertz CT molecular complexity index is 1780. The fourth-order valence-electron chi connectivity index (χ4n) is 9.75. The van der Waals surface area contributed by atoms with Gasteiger partial charge in [0.05, 0.1) is 26.4 Å². The van der Waals surface area contributed by atoms with Gasteiger partial charge in [-0.05, 0) is 57.3 Å². The van der Waals surface area contributed by atoms with Gasteiger partial charge in [0.2, 0.25) is 0 Å². The Labute approximate surface area is 529 Å². The number of carbonyl (C=O) groups is 4. The minimum Gasteiger partial charge on any atom is -0.462 e. The SMILES string of the molecule is CCCCCC/C=C\C=C/CCCCCCCC(=O)OC[C@H](COP(=O)(O)OC[C@@H](O)COP(=O)(O)OC[C@@H](COC(=O)CCCCCCC)OC(=O)CCCCCCCCCCCC)OC(=O)CCCCCCCCCCCCCCCCC(C)C. The topological polar surface area (TPSA) is 237 Å². The maximum atomic E-state index is 13.0. The lowest BCUT2D eigenvalue weighted by molar-refractivity contribution is -0.161. The summed E-state index contributed by atoms with van der Waals surface area (Å²) in [6, 6.07) is 0. The molecule has 0 aromatic rings. The van der Waals surface area contributed by atoms with Crippen LogP contribution in [0.3, 0.4) is 0 Å². The van der Waals surface area contributed by atoms with Crippen LogP contribution >= 0.6 is 15.6 Å². The lowest BCUT2D eigenvalue weighted by Gasteiger charge is -2.21. The Morgan fingerprint density at radius 3 is 0.943 bits per heavy atom. The van der Waals surface area contributed by atoms with Crippen LogP contribution < -0.4 is 0 Å². The summed E-state index contributed by atoms with van der Waals surface area (Å²) >= 11 is 0. The first-order valence-electron chi connectivity index (χ1n) is 35.0. The normalized spacial score (nSPS) is 14.3. The Kier molecular flexibility index (Phi) is 59.3. The largest absolute Gasteiger partial charge is 0.472 e. The van der Waals surface area contributed by atoms with Crippen LogP contribution in [0.2, 0.25) is 0 Å². The highest BCUT2D eigenvalue weighted by Gasteiger charge is 2.30. The zero-order valence-electron chi connectivity index (χ0n) is 55.6. The summed E-state index contributed by atoms with van der Waals surface area (Å²) in [5.74, 6) is -1.38. The van der Waals surface area contributed by atoms with Gasteiger partial charge in [0.15, 0.2) is 12.2 Å². The lowest BCUT2D eigenvalue weighted by atomic mass is 10.0. The standard InChI is InChI=1S/C68H128O17P2/c1-6-9-12-15-17-19-21-22-23-27-30-34-37-42-47-52-66(71)79-58-64(85-68(73)54-49-44-39-35-31-28-25-24-26-29-32-36-41-45-50-61(4)5)60-83-87(76,77)81-56-62(69)55-80-86(74,75)82-59-63(57-78-65(70)51-46-40-14-11-8-3)84-67(72)53-48-43-38-33-20-18-16-13-10-7-2/h19,21-23,61-64,69H,6-18,20,24-60H2,1-5H3,(H,74,75)(H,76,77)/b21-19-,23-22-/t62-,63+,64+/m0/s1. The minimum atomic E-state index is -4.95. The van der Waals surface area contributed by atoms with Gasteiger partial charge in [-0.3, -0.25) is 37.3 Å². The van der Waals surface area contributed by atoms with Crippen LogP contribution in [0.25, 0.3) is 0 Å². The van der Waals surface area contributed by atoms with Crippen molar-refractivity contribution in [3.05, 3.63) is 24.3 Å². The van der Waals surface area contributed by atoms with Crippen molar-refractivity contribution in [2.24, 2.45) is 5.92 Å². The second kappa shape index (κ2) is 61.1. The Hall–Kier alpha value is -2.46. The second-order valence-corrected chi connectivity index (χ2v) is 27.3. The predicted molar refractivity (Wildman–Crippen MR) is 349 cm³/mol. The van der Waals surface area contributed by atoms with Crippen molar-refractivity contribution in [3.8, 4) is 0 Å². The number of unbranched alkanes of at least 4 members (excludes halogenated alkanes) is 35. The number of hydrogen-bond donors (Lipinski definition) is 3. The smallest absolute Gasteiger partial charge is 0.462 e. The number of ether oxygens (including phenoxy) is 4. The van der Waals surface area contributed by atoms with Crippen LogP contribution in [0.4, 0.5) is 0 Å². The number of allylic oxidation sites excluding steroid dienone is 4. The van der Waals surface area contributed by atoms with E-state index in [0.717, 1.165) is 121 Å². The van der Waals surface area contributed by atoms with Gasteiger partial charge in [-0.25, -0.2) is 9.13 Å². The van der Waals surface area contributed by atoms with E-state index in [1.54, 1.807) is 0 Å². The number of phosphoric ester groups is 2. The van der Waals surface area contributed by atoms with Crippen molar-refractivity contribution >= 4 is 39.5 Å². The third-order valence-electron chi connectivity index (χ3n) is 15.2. The molecule has 17 nitrogen and oxygen atoms in total. The van der Waals surface area contributed by atoms with Crippen LogP contribution in [0.1, 0.15) is 324 Å². The Balaban J connectivity index is 5.20. The van der Waals surface area contributed by atoms with E-state index in [2.05, 4.69) is 58.9 Å². The first-order valence-corrected chi connectivity index (χ1v) is 37.9. The molecule has 0 bridgehead atoms. The Morgan fingerprint density at radius 1 is 0.356 bits per heavy atom. The van der Waals surface area contributed by atoms with Crippen LogP contribution in [-0.4, -0.2) is 96.7 Å². The summed E-state index contributed by atoms with van der Waals surface area (Å²) in [4.78, 5) is 72.1. The summed E-state index contributed by atoms with van der Waals surface area (Å²) in [5, 5.41) is 10.5. The van der Waals surface area contributed by atoms with Crippen LogP contribution in [0.15, 0.2) is 24.3 Å². The van der Waals surface area contributed by atoms with Gasteiger partial charge < -0.3 is 33.8 Å². The van der Waals surface area contributed by atoms with Gasteiger partial charge in [0.1, 0.15) is 19.3 Å². The summed E-state index contributed by atoms with van der Waals surface area (Å²) in [5.41, 5.74) is 0. The molecule has 0 aliphatic rings. The fourth-order valence-corrected chi connectivity index (χ4v) is 11.3. The molecule has 0 aromatic carbocycles. The number of aliphatic hydroxyl groups is 1. The molecular formula is C68H128O17P2. The first kappa shape index (κ1) is 84.5. The molecule has 0 aromatic heterocycles. The molecule has 3 N–H and O–H groups in total. The monoisotopic (exact) mass is 1280 g/mol. The number of hydrogen-bond acceptors (Lipinski definition) is 15. The zero-order chi connectivity index (χ0) is 64.2. The molecule has 0 fully saturated rings. The minimum absolute atomic E-state index is 0.101. The van der Waals surface area contributed by atoms with E-state index >= 15 is 0 Å². The predicted octanol–water partition coefficient (Wildman–Crippen LogP) is 18.9. The van der Waals surface area contributed by atoms with Crippen molar-refractivity contribution < 1.29 is 80.2 Å². The summed E-state index contributed by atoms with van der Waals surface area (Å²) in [6.07, 6.45) is 49.7. The van der Waals surface area contributed by atoms with Gasteiger partial charge in [-0.1, -0.05) is 271 Å². The van der Waals surface area contributed by atoms with E-state index in [1.165, 1.54) is 122 Å². The van der Waals surface area contributed by atoms with Gasteiger partial charge in [0.25, 0.3) is 0 Å². The molecule has 2 unspecified atom stereocenters. The lowest BCUT2D eigenvalue weighted by Crippen LogP contribution is -2.30. The molecular weight excluding hydrogens is 1150 g/mol. The molecule has 87 heavy (non-hydrogen) atoms. The van der Waals surface area contributed by atoms with Crippen molar-refractivity contribution in [2.75, 3.05) is 39.6 Å². The molecule has 0 amide bonds. The number of carbonyl (C=O) groups excluding carboxylic acids is 4. The highest BCUT2D eigenvalue weighted by atomic mass is 31.2. The number of esters is 4. The fraction of sp³-hybridized carbons (Fsp3) is 0.882. The summed E-state index contributed by atoms with van der Waals surface area (Å²) in [7, 11) is -9.89. The molecule has 0 aliphatic heterocycles. The van der Waals surface area contributed by atoms with Gasteiger partial charge in [0, 0.05) is 25.7 Å². The van der Waals surface area contributed by atoms with Crippen molar-refractivity contribution in [3.63, 3.8) is 0 Å². The molecule has 0 heterocycles.